The second kappa shape index (κ2) is 3.90. The summed E-state index contributed by atoms with van der Waals surface area (Å²) in [6, 6.07) is 8.50. The summed E-state index contributed by atoms with van der Waals surface area (Å²) in [6.45, 7) is 0.854. The molecule has 0 spiro atoms. The van der Waals surface area contributed by atoms with Gasteiger partial charge in [-0.1, -0.05) is 18.2 Å². The standard InChI is InChI=1S/C16H19ClO/c17-10-16(6-11-5-12(11)7-16)8-13-9-18-15-4-2-1-3-14(13)15/h1-4,11-13H,5-10H2. The van der Waals surface area contributed by atoms with Crippen molar-refractivity contribution >= 4 is 11.6 Å². The summed E-state index contributed by atoms with van der Waals surface area (Å²) in [5, 5.41) is 0. The molecule has 1 heterocycles. The lowest BCUT2D eigenvalue weighted by molar-refractivity contribution is 0.230. The van der Waals surface area contributed by atoms with E-state index in [2.05, 4.69) is 24.3 Å². The van der Waals surface area contributed by atoms with Crippen molar-refractivity contribution in [3.8, 4) is 5.75 Å². The molecule has 3 aliphatic rings. The first-order valence-corrected chi connectivity index (χ1v) is 7.61. The predicted molar refractivity (Wildman–Crippen MR) is 73.3 cm³/mol. The molecule has 0 N–H and O–H groups in total. The Balaban J connectivity index is 1.55. The van der Waals surface area contributed by atoms with Crippen LogP contribution in [0.1, 0.15) is 37.2 Å². The molecule has 2 fully saturated rings. The fraction of sp³-hybridized carbons (Fsp3) is 0.625. The van der Waals surface area contributed by atoms with Gasteiger partial charge in [0.15, 0.2) is 0 Å². The van der Waals surface area contributed by atoms with Gasteiger partial charge in [0.05, 0.1) is 6.61 Å². The quantitative estimate of drug-likeness (QED) is 0.742. The first-order chi connectivity index (χ1) is 8.80. The largest absolute Gasteiger partial charge is 0.493 e. The number of halogens is 1. The summed E-state index contributed by atoms with van der Waals surface area (Å²) in [5.41, 5.74) is 1.81. The molecule has 3 atom stereocenters. The van der Waals surface area contributed by atoms with Crippen LogP contribution in [0.5, 0.6) is 5.75 Å². The minimum Gasteiger partial charge on any atom is -0.493 e. The zero-order valence-corrected chi connectivity index (χ0v) is 11.3. The van der Waals surface area contributed by atoms with Crippen LogP contribution < -0.4 is 4.74 Å². The van der Waals surface area contributed by atoms with Gasteiger partial charge in [-0.2, -0.15) is 0 Å². The Morgan fingerprint density at radius 1 is 1.22 bits per heavy atom. The van der Waals surface area contributed by atoms with E-state index >= 15 is 0 Å². The molecule has 2 heteroatoms. The van der Waals surface area contributed by atoms with E-state index in [4.69, 9.17) is 16.3 Å². The van der Waals surface area contributed by atoms with E-state index in [-0.39, 0.29) is 0 Å². The van der Waals surface area contributed by atoms with E-state index in [1.807, 2.05) is 0 Å². The number of hydrogen-bond acceptors (Lipinski definition) is 1. The Hall–Kier alpha value is -0.690. The number of para-hydroxylation sites is 1. The summed E-state index contributed by atoms with van der Waals surface area (Å²) in [6.07, 6.45) is 5.41. The van der Waals surface area contributed by atoms with Crippen molar-refractivity contribution in [3.63, 3.8) is 0 Å². The van der Waals surface area contributed by atoms with Gasteiger partial charge in [-0.3, -0.25) is 0 Å². The van der Waals surface area contributed by atoms with Crippen LogP contribution in [-0.2, 0) is 0 Å². The number of benzene rings is 1. The van der Waals surface area contributed by atoms with Crippen molar-refractivity contribution < 1.29 is 4.74 Å². The lowest BCUT2D eigenvalue weighted by atomic mass is 9.76. The van der Waals surface area contributed by atoms with Crippen LogP contribution in [0, 0.1) is 17.3 Å². The molecule has 0 aromatic heterocycles. The average Bonchev–Trinajstić information content (AvgIpc) is 2.86. The second-order valence-electron chi connectivity index (χ2n) is 6.55. The van der Waals surface area contributed by atoms with E-state index in [1.54, 1.807) is 0 Å². The van der Waals surface area contributed by atoms with Crippen LogP contribution >= 0.6 is 11.6 Å². The third-order valence-electron chi connectivity index (χ3n) is 5.22. The van der Waals surface area contributed by atoms with Gasteiger partial charge >= 0.3 is 0 Å². The lowest BCUT2D eigenvalue weighted by Crippen LogP contribution is -2.24. The maximum Gasteiger partial charge on any atom is 0.122 e. The molecule has 4 rings (SSSR count). The first kappa shape index (κ1) is 11.2. The molecule has 2 saturated carbocycles. The lowest BCUT2D eigenvalue weighted by Gasteiger charge is -2.31. The highest BCUT2D eigenvalue weighted by Gasteiger charge is 2.54. The van der Waals surface area contributed by atoms with Gasteiger partial charge in [0.25, 0.3) is 0 Å². The molecule has 0 amide bonds. The summed E-state index contributed by atoms with van der Waals surface area (Å²) < 4.78 is 5.81. The Bertz CT molecular complexity index is 460. The van der Waals surface area contributed by atoms with Crippen LogP contribution in [0.15, 0.2) is 24.3 Å². The second-order valence-corrected chi connectivity index (χ2v) is 6.81. The fourth-order valence-corrected chi connectivity index (χ4v) is 4.58. The molecule has 2 aliphatic carbocycles. The van der Waals surface area contributed by atoms with Gasteiger partial charge in [0, 0.05) is 17.4 Å². The SMILES string of the molecule is ClCC1(CC2COc3ccccc32)CC2CC2C1. The molecule has 1 aromatic carbocycles. The number of ether oxygens (including phenoxy) is 1. The monoisotopic (exact) mass is 262 g/mol. The molecule has 18 heavy (non-hydrogen) atoms. The topological polar surface area (TPSA) is 9.23 Å². The minimum atomic E-state index is 0.403. The van der Waals surface area contributed by atoms with Gasteiger partial charge in [0.2, 0.25) is 0 Å². The van der Waals surface area contributed by atoms with Crippen LogP contribution in [0.25, 0.3) is 0 Å². The van der Waals surface area contributed by atoms with Crippen molar-refractivity contribution in [3.05, 3.63) is 29.8 Å². The van der Waals surface area contributed by atoms with E-state index in [0.29, 0.717) is 11.3 Å². The zero-order chi connectivity index (χ0) is 12.2. The van der Waals surface area contributed by atoms with Crippen molar-refractivity contribution in [2.75, 3.05) is 12.5 Å². The van der Waals surface area contributed by atoms with Gasteiger partial charge < -0.3 is 4.74 Å². The molecular weight excluding hydrogens is 244 g/mol. The Morgan fingerprint density at radius 2 is 2.00 bits per heavy atom. The average molecular weight is 263 g/mol. The summed E-state index contributed by atoms with van der Waals surface area (Å²) in [5.74, 6) is 4.49. The van der Waals surface area contributed by atoms with E-state index in [0.717, 1.165) is 30.1 Å². The van der Waals surface area contributed by atoms with Gasteiger partial charge in [-0.25, -0.2) is 0 Å². The summed E-state index contributed by atoms with van der Waals surface area (Å²) in [4.78, 5) is 0. The molecule has 0 radical (unpaired) electrons. The highest BCUT2D eigenvalue weighted by molar-refractivity contribution is 6.18. The Morgan fingerprint density at radius 3 is 2.78 bits per heavy atom. The van der Waals surface area contributed by atoms with E-state index < -0.39 is 0 Å². The molecule has 96 valence electrons. The molecule has 1 nitrogen and oxygen atoms in total. The first-order valence-electron chi connectivity index (χ1n) is 7.07. The Labute approximate surface area is 113 Å². The van der Waals surface area contributed by atoms with Gasteiger partial charge in [-0.05, 0) is 49.0 Å². The Kier molecular flexibility index (Phi) is 2.42. The predicted octanol–water partition coefficient (Wildman–Crippen LogP) is 4.21. The van der Waals surface area contributed by atoms with Crippen LogP contribution in [0.3, 0.4) is 0 Å². The summed E-state index contributed by atoms with van der Waals surface area (Å²) in [7, 11) is 0. The molecule has 0 saturated heterocycles. The zero-order valence-electron chi connectivity index (χ0n) is 10.6. The van der Waals surface area contributed by atoms with Crippen LogP contribution in [-0.4, -0.2) is 12.5 Å². The van der Waals surface area contributed by atoms with Crippen LogP contribution in [0.4, 0.5) is 0 Å². The molecule has 1 aliphatic heterocycles. The molecule has 3 unspecified atom stereocenters. The third kappa shape index (κ3) is 1.67. The highest BCUT2D eigenvalue weighted by atomic mass is 35.5. The number of rotatable bonds is 3. The minimum absolute atomic E-state index is 0.403. The fourth-order valence-electron chi connectivity index (χ4n) is 4.26. The van der Waals surface area contributed by atoms with Crippen molar-refractivity contribution in [2.45, 2.75) is 31.6 Å². The van der Waals surface area contributed by atoms with E-state index in [9.17, 15) is 0 Å². The van der Waals surface area contributed by atoms with E-state index in [1.165, 1.54) is 31.2 Å². The summed E-state index contributed by atoms with van der Waals surface area (Å²) >= 11 is 6.32. The molecule has 0 bridgehead atoms. The van der Waals surface area contributed by atoms with Crippen molar-refractivity contribution in [2.24, 2.45) is 17.3 Å². The third-order valence-corrected chi connectivity index (χ3v) is 5.79. The number of fused-ring (bicyclic) bond motifs is 2. The molecular formula is C16H19ClO. The van der Waals surface area contributed by atoms with Crippen molar-refractivity contribution in [1.29, 1.82) is 0 Å². The number of alkyl halides is 1. The van der Waals surface area contributed by atoms with Gasteiger partial charge in [0.1, 0.15) is 5.75 Å². The normalized spacial score (nSPS) is 40.2. The van der Waals surface area contributed by atoms with Crippen LogP contribution in [0.2, 0.25) is 0 Å². The number of hydrogen-bond donors (Lipinski definition) is 0. The molecule has 1 aromatic rings. The maximum absolute atomic E-state index is 6.32. The smallest absolute Gasteiger partial charge is 0.122 e. The van der Waals surface area contributed by atoms with Gasteiger partial charge in [-0.15, -0.1) is 11.6 Å². The maximum atomic E-state index is 6.32. The van der Waals surface area contributed by atoms with Crippen molar-refractivity contribution in [1.82, 2.24) is 0 Å². The highest BCUT2D eigenvalue weighted by Crippen LogP contribution is 2.63.